The number of ether oxygens (including phenoxy) is 1. The van der Waals surface area contributed by atoms with Crippen molar-refractivity contribution in [2.24, 2.45) is 4.99 Å². The van der Waals surface area contributed by atoms with Crippen LogP contribution in [-0.4, -0.2) is 60.1 Å². The van der Waals surface area contributed by atoms with Gasteiger partial charge in [-0.1, -0.05) is 19.1 Å². The van der Waals surface area contributed by atoms with E-state index in [1.54, 1.807) is 7.11 Å². The van der Waals surface area contributed by atoms with E-state index >= 15 is 0 Å². The van der Waals surface area contributed by atoms with Gasteiger partial charge in [-0.25, -0.2) is 9.98 Å². The van der Waals surface area contributed by atoms with Gasteiger partial charge in [-0.05, 0) is 31.0 Å². The third kappa shape index (κ3) is 6.18. The molecule has 2 aromatic rings. The molecule has 0 spiro atoms. The Kier molecular flexibility index (Phi) is 9.41. The molecule has 7 nitrogen and oxygen atoms in total. The van der Waals surface area contributed by atoms with Gasteiger partial charge in [-0.15, -0.1) is 24.0 Å². The first kappa shape index (κ1) is 23.7. The summed E-state index contributed by atoms with van der Waals surface area (Å²) in [4.78, 5) is 14.1. The molecular weight excluding hydrogens is 499 g/mol. The summed E-state index contributed by atoms with van der Waals surface area (Å²) >= 11 is 1.50. The average Bonchev–Trinajstić information content (AvgIpc) is 3.21. The predicted molar refractivity (Wildman–Crippen MR) is 131 cm³/mol. The number of aliphatic imine (C=N–C) groups is 1. The van der Waals surface area contributed by atoms with E-state index in [0.717, 1.165) is 67.4 Å². The Bertz CT molecular complexity index is 804. The van der Waals surface area contributed by atoms with Crippen LogP contribution in [0.4, 0.5) is 5.13 Å². The van der Waals surface area contributed by atoms with E-state index in [1.807, 2.05) is 6.07 Å². The summed E-state index contributed by atoms with van der Waals surface area (Å²) in [6.45, 7) is 11.5. The van der Waals surface area contributed by atoms with Crippen molar-refractivity contribution in [3.05, 3.63) is 35.2 Å². The molecule has 0 amide bonds. The van der Waals surface area contributed by atoms with Gasteiger partial charge in [0.15, 0.2) is 5.96 Å². The highest BCUT2D eigenvalue weighted by Crippen LogP contribution is 2.20. The lowest BCUT2D eigenvalue weighted by molar-refractivity contribution is 0.372. The molecule has 2 heterocycles. The highest BCUT2D eigenvalue weighted by atomic mass is 127. The fraction of sp³-hybridized carbons (Fsp3) is 0.550. The number of nitrogens with zero attached hydrogens (tertiary/aromatic N) is 5. The molecule has 1 aromatic carbocycles. The van der Waals surface area contributed by atoms with Gasteiger partial charge in [0.1, 0.15) is 11.6 Å². The van der Waals surface area contributed by atoms with Crippen molar-refractivity contribution in [2.75, 3.05) is 44.7 Å². The highest BCUT2D eigenvalue weighted by Gasteiger charge is 2.22. The Morgan fingerprint density at radius 3 is 2.59 bits per heavy atom. The minimum absolute atomic E-state index is 0. The molecule has 1 aromatic heterocycles. The molecule has 0 saturated carbocycles. The fourth-order valence-electron chi connectivity index (χ4n) is 3.26. The van der Waals surface area contributed by atoms with Crippen molar-refractivity contribution >= 4 is 46.6 Å². The molecule has 1 N–H and O–H groups in total. The lowest BCUT2D eigenvalue weighted by Gasteiger charge is -2.36. The number of hydrogen-bond donors (Lipinski definition) is 1. The number of benzene rings is 1. The van der Waals surface area contributed by atoms with Gasteiger partial charge in [-0.3, -0.25) is 0 Å². The van der Waals surface area contributed by atoms with E-state index in [9.17, 15) is 0 Å². The maximum Gasteiger partial charge on any atom is 0.205 e. The second kappa shape index (κ2) is 11.5. The molecule has 9 heteroatoms. The monoisotopic (exact) mass is 530 g/mol. The molecule has 0 unspecified atom stereocenters. The van der Waals surface area contributed by atoms with Crippen LogP contribution in [0.15, 0.2) is 23.2 Å². The molecule has 0 bridgehead atoms. The number of aromatic nitrogens is 2. The second-order valence-electron chi connectivity index (χ2n) is 6.79. The molecule has 1 aliphatic heterocycles. The molecule has 1 fully saturated rings. The van der Waals surface area contributed by atoms with Gasteiger partial charge in [0.2, 0.25) is 5.13 Å². The van der Waals surface area contributed by atoms with E-state index in [-0.39, 0.29) is 24.0 Å². The van der Waals surface area contributed by atoms with Crippen molar-refractivity contribution in [3.63, 3.8) is 0 Å². The number of rotatable bonds is 6. The molecule has 0 atom stereocenters. The maximum absolute atomic E-state index is 5.34. The van der Waals surface area contributed by atoms with Gasteiger partial charge in [0, 0.05) is 50.7 Å². The number of guanidine groups is 1. The Hall–Kier alpha value is -1.62. The van der Waals surface area contributed by atoms with Crippen LogP contribution in [0.5, 0.6) is 5.75 Å². The number of aryl methyl sites for hydroxylation is 2. The van der Waals surface area contributed by atoms with Gasteiger partial charge in [-0.2, -0.15) is 4.37 Å². The molecule has 0 aliphatic carbocycles. The van der Waals surface area contributed by atoms with Crippen LogP contribution in [0.25, 0.3) is 0 Å². The summed E-state index contributed by atoms with van der Waals surface area (Å²) < 4.78 is 9.75. The molecule has 3 rings (SSSR count). The van der Waals surface area contributed by atoms with Crippen molar-refractivity contribution in [1.82, 2.24) is 19.6 Å². The van der Waals surface area contributed by atoms with Crippen molar-refractivity contribution < 1.29 is 4.74 Å². The topological polar surface area (TPSA) is 65.9 Å². The van der Waals surface area contributed by atoms with Crippen LogP contribution in [0.3, 0.4) is 0 Å². The SMILES string of the molecule is CCNC(=NCc1ccc(OC)c(C)c1)N1CCN(c2nc(CC)ns2)CC1.I. The summed E-state index contributed by atoms with van der Waals surface area (Å²) in [5.41, 5.74) is 2.32. The fourth-order valence-corrected chi connectivity index (χ4v) is 4.06. The Morgan fingerprint density at radius 1 is 1.24 bits per heavy atom. The smallest absolute Gasteiger partial charge is 0.205 e. The first-order valence-electron chi connectivity index (χ1n) is 9.88. The van der Waals surface area contributed by atoms with Gasteiger partial charge < -0.3 is 19.9 Å². The summed E-state index contributed by atoms with van der Waals surface area (Å²) in [7, 11) is 1.70. The van der Waals surface area contributed by atoms with Crippen molar-refractivity contribution in [3.8, 4) is 5.75 Å². The quantitative estimate of drug-likeness (QED) is 0.351. The summed E-state index contributed by atoms with van der Waals surface area (Å²) in [6.07, 6.45) is 0.887. The third-order valence-electron chi connectivity index (χ3n) is 4.83. The molecule has 1 saturated heterocycles. The first-order chi connectivity index (χ1) is 13.6. The highest BCUT2D eigenvalue weighted by molar-refractivity contribution is 14.0. The van der Waals surface area contributed by atoms with E-state index in [1.165, 1.54) is 17.1 Å². The lowest BCUT2D eigenvalue weighted by atomic mass is 10.1. The minimum Gasteiger partial charge on any atom is -0.496 e. The predicted octanol–water partition coefficient (Wildman–Crippen LogP) is 3.32. The number of piperazine rings is 1. The van der Waals surface area contributed by atoms with E-state index < -0.39 is 0 Å². The molecule has 1 aliphatic rings. The van der Waals surface area contributed by atoms with E-state index in [0.29, 0.717) is 6.54 Å². The van der Waals surface area contributed by atoms with Crippen LogP contribution in [-0.2, 0) is 13.0 Å². The summed E-state index contributed by atoms with van der Waals surface area (Å²) in [5.74, 6) is 2.83. The maximum atomic E-state index is 5.34. The van der Waals surface area contributed by atoms with Gasteiger partial charge >= 0.3 is 0 Å². The Balaban J connectivity index is 0.00000300. The van der Waals surface area contributed by atoms with Crippen LogP contribution in [0.2, 0.25) is 0 Å². The zero-order valence-electron chi connectivity index (χ0n) is 17.6. The summed E-state index contributed by atoms with van der Waals surface area (Å²) in [5, 5.41) is 4.47. The second-order valence-corrected chi connectivity index (χ2v) is 7.53. The van der Waals surface area contributed by atoms with Gasteiger partial charge in [0.05, 0.1) is 13.7 Å². The molecule has 160 valence electrons. The third-order valence-corrected chi connectivity index (χ3v) is 5.64. The van der Waals surface area contributed by atoms with Crippen LogP contribution in [0, 0.1) is 6.92 Å². The normalized spacial score (nSPS) is 14.6. The van der Waals surface area contributed by atoms with Crippen molar-refractivity contribution in [1.29, 1.82) is 0 Å². The van der Waals surface area contributed by atoms with Crippen LogP contribution < -0.4 is 15.0 Å². The number of halogens is 1. The summed E-state index contributed by atoms with van der Waals surface area (Å²) in [6, 6.07) is 6.24. The number of anilines is 1. The molecule has 29 heavy (non-hydrogen) atoms. The standard InChI is InChI=1S/C20H30N6OS.HI/c1-5-18-23-20(28-24-18)26-11-9-25(10-12-26)19(21-6-2)22-14-16-7-8-17(27-4)15(3)13-16;/h7-8,13H,5-6,9-12,14H2,1-4H3,(H,21,22);1H. The largest absolute Gasteiger partial charge is 0.496 e. The average molecular weight is 530 g/mol. The van der Waals surface area contributed by atoms with E-state index in [4.69, 9.17) is 9.73 Å². The van der Waals surface area contributed by atoms with Gasteiger partial charge in [0.25, 0.3) is 0 Å². The lowest BCUT2D eigenvalue weighted by Crippen LogP contribution is -2.52. The first-order valence-corrected chi connectivity index (χ1v) is 10.7. The zero-order valence-corrected chi connectivity index (χ0v) is 20.8. The number of nitrogens with one attached hydrogen (secondary N) is 1. The van der Waals surface area contributed by atoms with Crippen LogP contribution >= 0.6 is 35.5 Å². The van der Waals surface area contributed by atoms with E-state index in [2.05, 4.69) is 57.4 Å². The Morgan fingerprint density at radius 2 is 2.00 bits per heavy atom. The van der Waals surface area contributed by atoms with Crippen LogP contribution in [0.1, 0.15) is 30.8 Å². The number of methoxy groups -OCH3 is 1. The molecule has 0 radical (unpaired) electrons. The molecular formula is C20H31IN6OS. The Labute approximate surface area is 194 Å². The zero-order chi connectivity index (χ0) is 19.9. The van der Waals surface area contributed by atoms with Crippen molar-refractivity contribution in [2.45, 2.75) is 33.7 Å². The minimum atomic E-state index is 0. The number of hydrogen-bond acceptors (Lipinski definition) is 6.